The summed E-state index contributed by atoms with van der Waals surface area (Å²) in [5.41, 5.74) is 7.09. The Balaban J connectivity index is 1.51. The van der Waals surface area contributed by atoms with Crippen molar-refractivity contribution in [2.24, 2.45) is 0 Å². The number of pyridine rings is 2. The normalized spacial score (nSPS) is 11.1. The number of benzene rings is 1. The molecule has 2 aromatic heterocycles. The fourth-order valence-electron chi connectivity index (χ4n) is 4.16. The third-order valence-corrected chi connectivity index (χ3v) is 6.26. The first-order chi connectivity index (χ1) is 15.8. The molecule has 2 heterocycles. The van der Waals surface area contributed by atoms with Gasteiger partial charge in [-0.1, -0.05) is 102 Å². The molecule has 3 rings (SSSR count). The second-order valence-corrected chi connectivity index (χ2v) is 9.01. The van der Waals surface area contributed by atoms with E-state index in [1.54, 1.807) is 0 Å². The summed E-state index contributed by atoms with van der Waals surface area (Å²) in [6.07, 6.45) is 19.6. The van der Waals surface area contributed by atoms with Crippen molar-refractivity contribution in [2.45, 2.75) is 90.9 Å². The third kappa shape index (κ3) is 7.89. The Hall–Kier alpha value is -2.48. The van der Waals surface area contributed by atoms with E-state index in [0.29, 0.717) is 0 Å². The minimum Gasteiger partial charge on any atom is -0.256 e. The van der Waals surface area contributed by atoms with Gasteiger partial charge >= 0.3 is 0 Å². The van der Waals surface area contributed by atoms with Crippen LogP contribution in [-0.4, -0.2) is 9.97 Å². The molecule has 32 heavy (non-hydrogen) atoms. The third-order valence-electron chi connectivity index (χ3n) is 6.26. The quantitative estimate of drug-likeness (QED) is 0.240. The summed E-state index contributed by atoms with van der Waals surface area (Å²) < 4.78 is 0. The van der Waals surface area contributed by atoms with Crippen LogP contribution in [0.15, 0.2) is 60.9 Å². The maximum Gasteiger partial charge on any atom is 0.0702 e. The molecule has 2 nitrogen and oxygen atoms in total. The summed E-state index contributed by atoms with van der Waals surface area (Å²) >= 11 is 0. The molecule has 0 aliphatic rings. The van der Waals surface area contributed by atoms with Crippen molar-refractivity contribution in [3.05, 3.63) is 72.1 Å². The summed E-state index contributed by atoms with van der Waals surface area (Å²) in [5.74, 6) is 0. The van der Waals surface area contributed by atoms with E-state index in [0.717, 1.165) is 35.4 Å². The molecule has 1 aromatic carbocycles. The Morgan fingerprint density at radius 2 is 0.875 bits per heavy atom. The monoisotopic (exact) mass is 428 g/mol. The fraction of sp³-hybridized carbons (Fsp3) is 0.467. The van der Waals surface area contributed by atoms with Crippen LogP contribution in [0, 0.1) is 0 Å². The SMILES string of the molecule is CCCCCCCc1ccc(-c2ccc(-c3ccc(CCCCCCC)cn3)cc2)nc1. The van der Waals surface area contributed by atoms with Crippen molar-refractivity contribution in [2.75, 3.05) is 0 Å². The Bertz CT molecular complexity index is 803. The average molecular weight is 429 g/mol. The van der Waals surface area contributed by atoms with Gasteiger partial charge in [0.05, 0.1) is 11.4 Å². The molecule has 0 aliphatic heterocycles. The Morgan fingerprint density at radius 3 is 1.22 bits per heavy atom. The van der Waals surface area contributed by atoms with E-state index in [4.69, 9.17) is 9.97 Å². The number of unbranched alkanes of at least 4 members (excludes halogenated alkanes) is 8. The fourth-order valence-corrected chi connectivity index (χ4v) is 4.16. The molecule has 170 valence electrons. The number of nitrogens with zero attached hydrogens (tertiary/aromatic N) is 2. The Kier molecular flexibility index (Phi) is 10.4. The molecule has 0 saturated heterocycles. The summed E-state index contributed by atoms with van der Waals surface area (Å²) in [5, 5.41) is 0. The topological polar surface area (TPSA) is 25.8 Å². The van der Waals surface area contributed by atoms with Gasteiger partial charge in [0.25, 0.3) is 0 Å². The molecule has 0 aliphatic carbocycles. The minimum atomic E-state index is 1.04. The summed E-state index contributed by atoms with van der Waals surface area (Å²) in [7, 11) is 0. The maximum atomic E-state index is 4.71. The molecule has 0 saturated carbocycles. The van der Waals surface area contributed by atoms with Crippen LogP contribution in [0.3, 0.4) is 0 Å². The summed E-state index contributed by atoms with van der Waals surface area (Å²) in [6.45, 7) is 4.52. The number of hydrogen-bond acceptors (Lipinski definition) is 2. The van der Waals surface area contributed by atoms with Gasteiger partial charge in [0, 0.05) is 23.5 Å². The van der Waals surface area contributed by atoms with E-state index in [2.05, 4.69) is 62.4 Å². The lowest BCUT2D eigenvalue weighted by molar-refractivity contribution is 0.632. The molecule has 3 aromatic rings. The van der Waals surface area contributed by atoms with Gasteiger partial charge in [-0.3, -0.25) is 9.97 Å². The highest BCUT2D eigenvalue weighted by molar-refractivity contribution is 5.66. The van der Waals surface area contributed by atoms with Crippen LogP contribution < -0.4 is 0 Å². The lowest BCUT2D eigenvalue weighted by atomic mass is 10.0. The first kappa shape index (κ1) is 24.2. The van der Waals surface area contributed by atoms with E-state index < -0.39 is 0 Å². The molecule has 2 heteroatoms. The smallest absolute Gasteiger partial charge is 0.0702 e. The predicted molar refractivity (Wildman–Crippen MR) is 138 cm³/mol. The van der Waals surface area contributed by atoms with Gasteiger partial charge in [0.1, 0.15) is 0 Å². The Morgan fingerprint density at radius 1 is 0.469 bits per heavy atom. The highest BCUT2D eigenvalue weighted by Gasteiger charge is 2.04. The van der Waals surface area contributed by atoms with E-state index in [9.17, 15) is 0 Å². The summed E-state index contributed by atoms with van der Waals surface area (Å²) in [4.78, 5) is 9.42. The molecule has 0 unspecified atom stereocenters. The lowest BCUT2D eigenvalue weighted by Gasteiger charge is -2.07. The van der Waals surface area contributed by atoms with Crippen LogP contribution in [0.5, 0.6) is 0 Å². The molecule has 0 amide bonds. The maximum absolute atomic E-state index is 4.71. The second kappa shape index (κ2) is 13.8. The molecule has 0 bridgehead atoms. The van der Waals surface area contributed by atoms with Crippen molar-refractivity contribution in [1.82, 2.24) is 9.97 Å². The van der Waals surface area contributed by atoms with Crippen LogP contribution in [-0.2, 0) is 12.8 Å². The van der Waals surface area contributed by atoms with Gasteiger partial charge in [-0.15, -0.1) is 0 Å². The van der Waals surface area contributed by atoms with Gasteiger partial charge in [0.2, 0.25) is 0 Å². The number of aromatic nitrogens is 2. The van der Waals surface area contributed by atoms with E-state index in [1.807, 2.05) is 12.4 Å². The first-order valence-corrected chi connectivity index (χ1v) is 12.8. The van der Waals surface area contributed by atoms with Crippen LogP contribution in [0.25, 0.3) is 22.5 Å². The molecular weight excluding hydrogens is 388 g/mol. The van der Waals surface area contributed by atoms with Crippen molar-refractivity contribution in [1.29, 1.82) is 0 Å². The van der Waals surface area contributed by atoms with Crippen LogP contribution in [0.4, 0.5) is 0 Å². The molecule has 0 fully saturated rings. The average Bonchev–Trinajstić information content (AvgIpc) is 2.85. The highest BCUT2D eigenvalue weighted by Crippen LogP contribution is 2.23. The van der Waals surface area contributed by atoms with Crippen LogP contribution in [0.1, 0.15) is 89.2 Å². The highest BCUT2D eigenvalue weighted by atomic mass is 14.7. The van der Waals surface area contributed by atoms with Crippen molar-refractivity contribution in [3.8, 4) is 22.5 Å². The van der Waals surface area contributed by atoms with Crippen LogP contribution in [0.2, 0.25) is 0 Å². The predicted octanol–water partition coefficient (Wildman–Crippen LogP) is 8.84. The molecule has 0 radical (unpaired) electrons. The van der Waals surface area contributed by atoms with Gasteiger partial charge < -0.3 is 0 Å². The molecule has 0 atom stereocenters. The van der Waals surface area contributed by atoms with E-state index >= 15 is 0 Å². The molecule has 0 N–H and O–H groups in total. The van der Waals surface area contributed by atoms with E-state index in [1.165, 1.54) is 75.3 Å². The Labute approximate surface area is 195 Å². The zero-order chi connectivity index (χ0) is 22.4. The molecular formula is C30H40N2. The summed E-state index contributed by atoms with van der Waals surface area (Å²) in [6, 6.07) is 17.4. The van der Waals surface area contributed by atoms with Crippen molar-refractivity contribution in [3.63, 3.8) is 0 Å². The number of aryl methyl sites for hydroxylation is 2. The van der Waals surface area contributed by atoms with E-state index in [-0.39, 0.29) is 0 Å². The minimum absolute atomic E-state index is 1.04. The zero-order valence-corrected chi connectivity index (χ0v) is 20.2. The van der Waals surface area contributed by atoms with Crippen LogP contribution >= 0.6 is 0 Å². The van der Waals surface area contributed by atoms with Gasteiger partial charge in [-0.05, 0) is 48.9 Å². The van der Waals surface area contributed by atoms with Crippen molar-refractivity contribution < 1.29 is 0 Å². The first-order valence-electron chi connectivity index (χ1n) is 12.8. The van der Waals surface area contributed by atoms with Crippen molar-refractivity contribution >= 4 is 0 Å². The second-order valence-electron chi connectivity index (χ2n) is 9.01. The van der Waals surface area contributed by atoms with Gasteiger partial charge in [0.15, 0.2) is 0 Å². The van der Waals surface area contributed by atoms with Gasteiger partial charge in [-0.25, -0.2) is 0 Å². The molecule has 0 spiro atoms. The number of hydrogen-bond donors (Lipinski definition) is 0. The number of rotatable bonds is 14. The largest absolute Gasteiger partial charge is 0.256 e. The standard InChI is InChI=1S/C30H40N2/c1-3-5-7-9-11-13-25-15-21-29(31-23-25)27-17-19-28(20-18-27)30-22-16-26(24-32-30)14-12-10-8-6-4-2/h15-24H,3-14H2,1-2H3. The van der Waals surface area contributed by atoms with Gasteiger partial charge in [-0.2, -0.15) is 0 Å². The lowest BCUT2D eigenvalue weighted by Crippen LogP contribution is -1.91. The zero-order valence-electron chi connectivity index (χ0n) is 20.2.